The van der Waals surface area contributed by atoms with Crippen LogP contribution in [0.4, 0.5) is 0 Å². The first-order chi connectivity index (χ1) is 15.0. The van der Waals surface area contributed by atoms with Crippen LogP contribution in [0.15, 0.2) is 40.9 Å². The van der Waals surface area contributed by atoms with Crippen LogP contribution in [-0.4, -0.2) is 18.2 Å². The Kier molecular flexibility index (Phi) is 9.36. The van der Waals surface area contributed by atoms with Crippen LogP contribution < -0.4 is 0 Å². The third-order valence-corrected chi connectivity index (χ3v) is 8.07. The van der Waals surface area contributed by atoms with Crippen molar-refractivity contribution < 1.29 is 14.6 Å². The third-order valence-electron chi connectivity index (χ3n) is 6.12. The van der Waals surface area contributed by atoms with E-state index in [4.69, 9.17) is 4.74 Å². The lowest BCUT2D eigenvalue weighted by molar-refractivity contribution is 0.0606. The summed E-state index contributed by atoms with van der Waals surface area (Å²) in [5.74, 6) is 0.301. The van der Waals surface area contributed by atoms with Crippen LogP contribution in [-0.2, 0) is 11.2 Å². The SMILES string of the molecule is CCCCCC(O)c1ccc(C2=C(Br)CC[C@@H]2CCCc2ccc(C(=O)OC)s2)cc1. The molecule has 0 saturated heterocycles. The number of esters is 1. The lowest BCUT2D eigenvalue weighted by Gasteiger charge is -2.17. The number of allylic oxidation sites excluding steroid dienone is 2. The van der Waals surface area contributed by atoms with Crippen LogP contribution in [0.5, 0.6) is 0 Å². The molecule has 1 unspecified atom stereocenters. The lowest BCUT2D eigenvalue weighted by atomic mass is 9.89. The highest BCUT2D eigenvalue weighted by Crippen LogP contribution is 2.44. The number of rotatable bonds is 11. The number of hydrogen-bond acceptors (Lipinski definition) is 4. The summed E-state index contributed by atoms with van der Waals surface area (Å²) in [5, 5.41) is 10.4. The number of unbranched alkanes of at least 4 members (excludes halogenated alkanes) is 2. The van der Waals surface area contributed by atoms with E-state index in [-0.39, 0.29) is 12.1 Å². The zero-order valence-electron chi connectivity index (χ0n) is 18.5. The first-order valence-corrected chi connectivity index (χ1v) is 13.0. The van der Waals surface area contributed by atoms with Crippen molar-refractivity contribution in [3.63, 3.8) is 0 Å². The summed E-state index contributed by atoms with van der Waals surface area (Å²) in [6.07, 6.45) is 9.39. The van der Waals surface area contributed by atoms with Gasteiger partial charge in [-0.15, -0.1) is 11.3 Å². The molecule has 0 fully saturated rings. The summed E-state index contributed by atoms with van der Waals surface area (Å²) in [7, 11) is 1.42. The molecule has 0 bridgehead atoms. The van der Waals surface area contributed by atoms with E-state index in [0.29, 0.717) is 10.8 Å². The smallest absolute Gasteiger partial charge is 0.348 e. The minimum Gasteiger partial charge on any atom is -0.465 e. The highest BCUT2D eigenvalue weighted by Gasteiger charge is 2.25. The van der Waals surface area contributed by atoms with Gasteiger partial charge < -0.3 is 9.84 Å². The quantitative estimate of drug-likeness (QED) is 0.252. The standard InChI is InChI=1S/C26H33BrO3S/c1-3-4-5-9-23(28)18-10-12-20(13-11-18)25-19(14-16-22(25)27)7-6-8-21-15-17-24(31-21)26(29)30-2/h10-13,15,17,19,23,28H,3-9,14,16H2,1-2H3/t19-,23?/m0/s1. The topological polar surface area (TPSA) is 46.5 Å². The highest BCUT2D eigenvalue weighted by atomic mass is 79.9. The van der Waals surface area contributed by atoms with Crippen molar-refractivity contribution in [3.8, 4) is 0 Å². The first kappa shape index (κ1) is 24.2. The largest absolute Gasteiger partial charge is 0.465 e. The van der Waals surface area contributed by atoms with Gasteiger partial charge in [-0.1, -0.05) is 66.4 Å². The van der Waals surface area contributed by atoms with Crippen LogP contribution in [0.25, 0.3) is 5.57 Å². The number of aliphatic hydroxyl groups excluding tert-OH is 1. The fourth-order valence-corrected chi connectivity index (χ4v) is 6.12. The first-order valence-electron chi connectivity index (χ1n) is 11.4. The van der Waals surface area contributed by atoms with Gasteiger partial charge in [-0.25, -0.2) is 4.79 Å². The van der Waals surface area contributed by atoms with Gasteiger partial charge in [0.2, 0.25) is 0 Å². The average molecular weight is 506 g/mol. The van der Waals surface area contributed by atoms with E-state index in [9.17, 15) is 9.90 Å². The molecule has 31 heavy (non-hydrogen) atoms. The molecule has 1 aromatic carbocycles. The molecule has 0 saturated carbocycles. The van der Waals surface area contributed by atoms with Crippen molar-refractivity contribution in [1.29, 1.82) is 0 Å². The Labute approximate surface area is 198 Å². The monoisotopic (exact) mass is 504 g/mol. The number of carbonyl (C=O) groups is 1. The summed E-state index contributed by atoms with van der Waals surface area (Å²) < 4.78 is 6.12. The fraction of sp³-hybridized carbons (Fsp3) is 0.500. The Bertz CT molecular complexity index is 884. The molecule has 1 N–H and O–H groups in total. The molecule has 3 rings (SSSR count). The Morgan fingerprint density at radius 3 is 2.68 bits per heavy atom. The van der Waals surface area contributed by atoms with E-state index >= 15 is 0 Å². The predicted molar refractivity (Wildman–Crippen MR) is 133 cm³/mol. The van der Waals surface area contributed by atoms with Gasteiger partial charge in [0.1, 0.15) is 4.88 Å². The molecule has 0 radical (unpaired) electrons. The number of halogens is 1. The molecule has 1 heterocycles. The second-order valence-corrected chi connectivity index (χ2v) is 10.5. The molecule has 1 aromatic heterocycles. The number of hydrogen-bond donors (Lipinski definition) is 1. The van der Waals surface area contributed by atoms with Crippen molar-refractivity contribution in [2.45, 2.75) is 70.8 Å². The molecular weight excluding hydrogens is 472 g/mol. The van der Waals surface area contributed by atoms with E-state index in [2.05, 4.69) is 47.1 Å². The molecule has 1 aliphatic rings. The molecule has 2 aromatic rings. The van der Waals surface area contributed by atoms with Gasteiger partial charge in [0.25, 0.3) is 0 Å². The Hall–Kier alpha value is -1.43. The number of ether oxygens (including phenoxy) is 1. The summed E-state index contributed by atoms with van der Waals surface area (Å²) in [6.45, 7) is 2.19. The number of carbonyl (C=O) groups excluding carboxylic acids is 1. The van der Waals surface area contributed by atoms with E-state index in [0.717, 1.165) is 44.1 Å². The minimum absolute atomic E-state index is 0.250. The normalized spacial score (nSPS) is 17.2. The van der Waals surface area contributed by atoms with E-state index in [1.165, 1.54) is 58.2 Å². The van der Waals surface area contributed by atoms with Gasteiger partial charge in [0.15, 0.2) is 0 Å². The van der Waals surface area contributed by atoms with Gasteiger partial charge in [-0.2, -0.15) is 0 Å². The van der Waals surface area contributed by atoms with Gasteiger partial charge in [-0.05, 0) is 77.8 Å². The zero-order chi connectivity index (χ0) is 22.2. The van der Waals surface area contributed by atoms with Crippen molar-refractivity contribution in [2.24, 2.45) is 5.92 Å². The summed E-state index contributed by atoms with van der Waals surface area (Å²) in [6, 6.07) is 12.4. The van der Waals surface area contributed by atoms with Crippen LogP contribution in [0.1, 0.15) is 90.1 Å². The van der Waals surface area contributed by atoms with Crippen molar-refractivity contribution in [3.05, 3.63) is 61.8 Å². The predicted octanol–water partition coefficient (Wildman–Crippen LogP) is 7.69. The van der Waals surface area contributed by atoms with Crippen LogP contribution in [0.2, 0.25) is 0 Å². The number of thiophene rings is 1. The maximum absolute atomic E-state index is 11.6. The summed E-state index contributed by atoms with van der Waals surface area (Å²) in [4.78, 5) is 13.6. The number of aryl methyl sites for hydroxylation is 1. The number of aliphatic hydroxyl groups is 1. The van der Waals surface area contributed by atoms with E-state index in [1.54, 1.807) is 0 Å². The van der Waals surface area contributed by atoms with E-state index < -0.39 is 0 Å². The molecule has 0 aliphatic heterocycles. The molecule has 3 nitrogen and oxygen atoms in total. The van der Waals surface area contributed by atoms with Crippen LogP contribution >= 0.6 is 27.3 Å². The molecule has 0 spiro atoms. The highest BCUT2D eigenvalue weighted by molar-refractivity contribution is 9.11. The van der Waals surface area contributed by atoms with Crippen molar-refractivity contribution in [1.82, 2.24) is 0 Å². The van der Waals surface area contributed by atoms with Gasteiger partial charge in [0.05, 0.1) is 13.2 Å². The average Bonchev–Trinajstić information content (AvgIpc) is 3.40. The second kappa shape index (κ2) is 12.0. The van der Waals surface area contributed by atoms with E-state index in [1.807, 2.05) is 12.1 Å². The summed E-state index contributed by atoms with van der Waals surface area (Å²) in [5.41, 5.74) is 3.71. The number of benzene rings is 1. The summed E-state index contributed by atoms with van der Waals surface area (Å²) >= 11 is 5.35. The van der Waals surface area contributed by atoms with Gasteiger partial charge in [0, 0.05) is 4.88 Å². The van der Waals surface area contributed by atoms with Crippen LogP contribution in [0, 0.1) is 5.92 Å². The van der Waals surface area contributed by atoms with Gasteiger partial charge >= 0.3 is 5.97 Å². The molecule has 2 atom stereocenters. The third kappa shape index (κ3) is 6.53. The molecule has 168 valence electrons. The lowest BCUT2D eigenvalue weighted by Crippen LogP contribution is -2.02. The zero-order valence-corrected chi connectivity index (χ0v) is 20.9. The second-order valence-electron chi connectivity index (χ2n) is 8.34. The molecular formula is C26H33BrO3S. The maximum Gasteiger partial charge on any atom is 0.348 e. The molecule has 1 aliphatic carbocycles. The minimum atomic E-state index is -0.363. The Morgan fingerprint density at radius 2 is 1.97 bits per heavy atom. The van der Waals surface area contributed by atoms with Crippen LogP contribution in [0.3, 0.4) is 0 Å². The number of methoxy groups -OCH3 is 1. The molecule has 5 heteroatoms. The van der Waals surface area contributed by atoms with Gasteiger partial charge in [-0.3, -0.25) is 0 Å². The fourth-order valence-electron chi connectivity index (χ4n) is 4.37. The Balaban J connectivity index is 1.57. The van der Waals surface area contributed by atoms with Crippen molar-refractivity contribution >= 4 is 38.8 Å². The Morgan fingerprint density at radius 1 is 1.19 bits per heavy atom. The maximum atomic E-state index is 11.6. The van der Waals surface area contributed by atoms with Crippen molar-refractivity contribution in [2.75, 3.05) is 7.11 Å². The molecule has 0 amide bonds.